The maximum atomic E-state index is 8.86. The quantitative estimate of drug-likeness (QED) is 0.523. The maximum absolute atomic E-state index is 8.86. The third kappa shape index (κ3) is 3.17. The average molecular weight is 344 g/mol. The van der Waals surface area contributed by atoms with Crippen molar-refractivity contribution in [3.63, 3.8) is 0 Å². The molecule has 0 amide bonds. The van der Waals surface area contributed by atoms with Crippen LogP contribution in [-0.4, -0.2) is 25.7 Å². The fourth-order valence-electron chi connectivity index (χ4n) is 3.30. The summed E-state index contributed by atoms with van der Waals surface area (Å²) in [7, 11) is 0. The topological polar surface area (TPSA) is 70.9 Å². The van der Waals surface area contributed by atoms with Crippen LogP contribution >= 0.6 is 0 Å². The molecule has 0 radical (unpaired) electrons. The van der Waals surface area contributed by atoms with Crippen molar-refractivity contribution >= 4 is 16.6 Å². The summed E-state index contributed by atoms with van der Waals surface area (Å²) in [5.41, 5.74) is 3.32. The van der Waals surface area contributed by atoms with E-state index in [9.17, 15) is 0 Å². The standard InChI is InChI=1S/C20H20N6/c21-10-5-12-25-15-16(17-6-1-2-7-18(17)25)14-22-11-9-20-24-23-19-8-3-4-13-26(19)20/h1-4,6-8,13,15,22H,5,9,11-12,14H2. The lowest BCUT2D eigenvalue weighted by Gasteiger charge is -2.03. The van der Waals surface area contributed by atoms with Gasteiger partial charge in [0.05, 0.1) is 12.5 Å². The van der Waals surface area contributed by atoms with Gasteiger partial charge < -0.3 is 9.88 Å². The van der Waals surface area contributed by atoms with Gasteiger partial charge in [-0.15, -0.1) is 10.2 Å². The molecule has 3 heterocycles. The molecule has 1 aromatic carbocycles. The minimum atomic E-state index is 0.519. The number of aromatic nitrogens is 4. The number of benzene rings is 1. The minimum absolute atomic E-state index is 0.519. The van der Waals surface area contributed by atoms with E-state index in [4.69, 9.17) is 5.26 Å². The zero-order valence-electron chi connectivity index (χ0n) is 14.5. The largest absolute Gasteiger partial charge is 0.346 e. The normalized spacial score (nSPS) is 11.2. The number of hydrogen-bond donors (Lipinski definition) is 1. The van der Waals surface area contributed by atoms with E-state index in [1.807, 2.05) is 34.9 Å². The third-order valence-electron chi connectivity index (χ3n) is 4.56. The van der Waals surface area contributed by atoms with E-state index in [2.05, 4.69) is 50.5 Å². The van der Waals surface area contributed by atoms with Gasteiger partial charge in [-0.2, -0.15) is 5.26 Å². The van der Waals surface area contributed by atoms with Crippen LogP contribution < -0.4 is 5.32 Å². The summed E-state index contributed by atoms with van der Waals surface area (Å²) in [6, 6.07) is 16.5. The van der Waals surface area contributed by atoms with Crippen LogP contribution in [0, 0.1) is 11.3 Å². The van der Waals surface area contributed by atoms with Gasteiger partial charge in [0.1, 0.15) is 5.82 Å². The van der Waals surface area contributed by atoms with Gasteiger partial charge in [0.2, 0.25) is 0 Å². The van der Waals surface area contributed by atoms with Crippen LogP contribution in [0.3, 0.4) is 0 Å². The molecule has 6 heteroatoms. The van der Waals surface area contributed by atoms with Gasteiger partial charge in [0.25, 0.3) is 0 Å². The van der Waals surface area contributed by atoms with Gasteiger partial charge in [0.15, 0.2) is 5.65 Å². The second-order valence-electron chi connectivity index (χ2n) is 6.24. The zero-order valence-corrected chi connectivity index (χ0v) is 14.5. The summed E-state index contributed by atoms with van der Waals surface area (Å²) < 4.78 is 4.19. The number of hydrogen-bond acceptors (Lipinski definition) is 4. The van der Waals surface area contributed by atoms with Crippen molar-refractivity contribution in [3.05, 3.63) is 66.2 Å². The molecule has 1 N–H and O–H groups in total. The Hall–Kier alpha value is -3.17. The molecule has 26 heavy (non-hydrogen) atoms. The predicted octanol–water partition coefficient (Wildman–Crippen LogP) is 2.93. The van der Waals surface area contributed by atoms with Crippen LogP contribution in [0.5, 0.6) is 0 Å². The molecule has 0 aliphatic rings. The van der Waals surface area contributed by atoms with Gasteiger partial charge in [-0.3, -0.25) is 4.40 Å². The van der Waals surface area contributed by atoms with Crippen LogP contribution in [0.4, 0.5) is 0 Å². The Labute approximate surface area is 151 Å². The van der Waals surface area contributed by atoms with E-state index >= 15 is 0 Å². The molecular formula is C20H20N6. The lowest BCUT2D eigenvalue weighted by Crippen LogP contribution is -2.17. The summed E-state index contributed by atoms with van der Waals surface area (Å²) in [6.45, 7) is 2.34. The highest BCUT2D eigenvalue weighted by atomic mass is 15.2. The van der Waals surface area contributed by atoms with Gasteiger partial charge in [-0.05, 0) is 23.8 Å². The zero-order chi connectivity index (χ0) is 17.8. The highest BCUT2D eigenvalue weighted by Crippen LogP contribution is 2.21. The number of aryl methyl sites for hydroxylation is 1. The summed E-state index contributed by atoms with van der Waals surface area (Å²) in [5.74, 6) is 0.963. The lowest BCUT2D eigenvalue weighted by atomic mass is 10.2. The predicted molar refractivity (Wildman–Crippen MR) is 101 cm³/mol. The maximum Gasteiger partial charge on any atom is 0.160 e. The average Bonchev–Trinajstić information content (AvgIpc) is 3.25. The van der Waals surface area contributed by atoms with Crippen molar-refractivity contribution in [1.82, 2.24) is 24.5 Å². The first kappa shape index (κ1) is 16.3. The summed E-state index contributed by atoms with van der Waals surface area (Å²) in [5, 5.41) is 22.1. The fraction of sp³-hybridized carbons (Fsp3) is 0.250. The first-order valence-electron chi connectivity index (χ1n) is 8.80. The number of nitrogens with zero attached hydrogens (tertiary/aromatic N) is 5. The smallest absolute Gasteiger partial charge is 0.160 e. The highest BCUT2D eigenvalue weighted by Gasteiger charge is 2.08. The monoisotopic (exact) mass is 344 g/mol. The first-order chi connectivity index (χ1) is 12.9. The first-order valence-corrected chi connectivity index (χ1v) is 8.80. The molecule has 0 saturated heterocycles. The van der Waals surface area contributed by atoms with Crippen LogP contribution in [-0.2, 0) is 19.5 Å². The van der Waals surface area contributed by atoms with Crippen molar-refractivity contribution in [1.29, 1.82) is 5.26 Å². The molecule has 0 aliphatic carbocycles. The molecule has 3 aromatic heterocycles. The molecule has 0 saturated carbocycles. The van der Waals surface area contributed by atoms with E-state index in [1.54, 1.807) is 0 Å². The van der Waals surface area contributed by atoms with Crippen molar-refractivity contribution in [3.8, 4) is 6.07 Å². The van der Waals surface area contributed by atoms with E-state index in [0.29, 0.717) is 6.42 Å². The van der Waals surface area contributed by atoms with E-state index in [1.165, 1.54) is 16.5 Å². The molecule has 0 unspecified atom stereocenters. The van der Waals surface area contributed by atoms with Crippen molar-refractivity contribution in [2.45, 2.75) is 25.9 Å². The van der Waals surface area contributed by atoms with Crippen LogP contribution in [0.25, 0.3) is 16.6 Å². The Balaban J connectivity index is 1.42. The molecule has 4 aromatic rings. The number of rotatable bonds is 7. The summed E-state index contributed by atoms with van der Waals surface area (Å²) in [6.07, 6.45) is 5.48. The second-order valence-corrected chi connectivity index (χ2v) is 6.24. The summed E-state index contributed by atoms with van der Waals surface area (Å²) in [4.78, 5) is 0. The second kappa shape index (κ2) is 7.38. The van der Waals surface area contributed by atoms with E-state index in [0.717, 1.165) is 37.5 Å². The SMILES string of the molecule is N#CCCn1cc(CNCCc2nnc3ccccn23)c2ccccc21. The Morgan fingerprint density at radius 3 is 2.88 bits per heavy atom. The number of para-hydroxylation sites is 1. The Bertz CT molecular complexity index is 1070. The number of fused-ring (bicyclic) bond motifs is 2. The van der Waals surface area contributed by atoms with Gasteiger partial charge in [-0.1, -0.05) is 24.3 Å². The van der Waals surface area contributed by atoms with Crippen LogP contribution in [0.15, 0.2) is 54.9 Å². The molecule has 130 valence electrons. The van der Waals surface area contributed by atoms with Gasteiger partial charge >= 0.3 is 0 Å². The molecule has 0 aliphatic heterocycles. The van der Waals surface area contributed by atoms with Crippen molar-refractivity contribution in [2.75, 3.05) is 6.54 Å². The third-order valence-corrected chi connectivity index (χ3v) is 4.56. The van der Waals surface area contributed by atoms with Gasteiger partial charge in [-0.25, -0.2) is 0 Å². The number of pyridine rings is 1. The fourth-order valence-corrected chi connectivity index (χ4v) is 3.30. The molecular weight excluding hydrogens is 324 g/mol. The highest BCUT2D eigenvalue weighted by molar-refractivity contribution is 5.83. The number of nitrogens with one attached hydrogen (secondary N) is 1. The van der Waals surface area contributed by atoms with Crippen LogP contribution in [0.1, 0.15) is 17.8 Å². The number of nitriles is 1. The molecule has 0 atom stereocenters. The van der Waals surface area contributed by atoms with E-state index < -0.39 is 0 Å². The minimum Gasteiger partial charge on any atom is -0.346 e. The Morgan fingerprint density at radius 2 is 1.96 bits per heavy atom. The molecule has 0 spiro atoms. The van der Waals surface area contributed by atoms with Gasteiger partial charge in [0, 0.05) is 49.4 Å². The Morgan fingerprint density at radius 1 is 1.08 bits per heavy atom. The van der Waals surface area contributed by atoms with Crippen LogP contribution in [0.2, 0.25) is 0 Å². The molecule has 6 nitrogen and oxygen atoms in total. The molecule has 0 bridgehead atoms. The molecule has 0 fully saturated rings. The lowest BCUT2D eigenvalue weighted by molar-refractivity contribution is 0.664. The van der Waals surface area contributed by atoms with E-state index in [-0.39, 0.29) is 0 Å². The van der Waals surface area contributed by atoms with Crippen molar-refractivity contribution in [2.24, 2.45) is 0 Å². The summed E-state index contributed by atoms with van der Waals surface area (Å²) >= 11 is 0. The Kier molecular flexibility index (Phi) is 4.63. The van der Waals surface area contributed by atoms with Crippen molar-refractivity contribution < 1.29 is 0 Å². The molecule has 4 rings (SSSR count).